The van der Waals surface area contributed by atoms with Gasteiger partial charge in [0.25, 0.3) is 0 Å². The third-order valence-corrected chi connectivity index (χ3v) is 1.97. The number of unbranched alkanes of at least 4 members (excludes halogenated alkanes) is 2. The van der Waals surface area contributed by atoms with Crippen LogP contribution in [0.4, 0.5) is 0 Å². The SMILES string of the molecule is CCCCCC1=CC=CCC(=O)O1. The maximum absolute atomic E-state index is 11.0. The molecule has 0 aromatic carbocycles. The van der Waals surface area contributed by atoms with Crippen LogP contribution < -0.4 is 0 Å². The molecule has 0 aliphatic carbocycles. The van der Waals surface area contributed by atoms with Gasteiger partial charge in [0.15, 0.2) is 0 Å². The first kappa shape index (κ1) is 10.0. The number of esters is 1. The molecule has 0 atom stereocenters. The van der Waals surface area contributed by atoms with E-state index in [9.17, 15) is 4.79 Å². The Labute approximate surface area is 79.3 Å². The number of hydrogen-bond acceptors (Lipinski definition) is 2. The summed E-state index contributed by atoms with van der Waals surface area (Å²) < 4.78 is 5.12. The lowest BCUT2D eigenvalue weighted by Gasteiger charge is -2.05. The molecule has 0 aromatic heterocycles. The molecule has 1 aliphatic heterocycles. The molecule has 0 N–H and O–H groups in total. The normalized spacial score (nSPS) is 16.4. The van der Waals surface area contributed by atoms with Crippen LogP contribution in [0.5, 0.6) is 0 Å². The Kier molecular flexibility index (Phi) is 4.30. The average molecular weight is 180 g/mol. The Morgan fingerprint density at radius 1 is 1.46 bits per heavy atom. The summed E-state index contributed by atoms with van der Waals surface area (Å²) >= 11 is 0. The van der Waals surface area contributed by atoms with Crippen molar-refractivity contribution in [3.63, 3.8) is 0 Å². The van der Waals surface area contributed by atoms with E-state index in [4.69, 9.17) is 4.74 Å². The summed E-state index contributed by atoms with van der Waals surface area (Å²) in [5, 5.41) is 0. The van der Waals surface area contributed by atoms with Gasteiger partial charge in [-0.1, -0.05) is 31.9 Å². The number of ether oxygens (including phenoxy) is 1. The fraction of sp³-hybridized carbons (Fsp3) is 0.545. The largest absolute Gasteiger partial charge is 0.431 e. The monoisotopic (exact) mass is 180 g/mol. The summed E-state index contributed by atoms with van der Waals surface area (Å²) in [5.41, 5.74) is 0. The predicted molar refractivity (Wildman–Crippen MR) is 52.1 cm³/mol. The van der Waals surface area contributed by atoms with Crippen LogP contribution in [0.25, 0.3) is 0 Å². The van der Waals surface area contributed by atoms with Gasteiger partial charge in [0.2, 0.25) is 0 Å². The van der Waals surface area contributed by atoms with Crippen molar-refractivity contribution in [2.75, 3.05) is 0 Å². The van der Waals surface area contributed by atoms with Crippen LogP contribution in [-0.4, -0.2) is 5.97 Å². The summed E-state index contributed by atoms with van der Waals surface area (Å²) in [6, 6.07) is 0. The van der Waals surface area contributed by atoms with Crippen LogP contribution in [0.15, 0.2) is 24.0 Å². The molecular formula is C11H16O2. The lowest BCUT2D eigenvalue weighted by Crippen LogP contribution is -2.01. The molecule has 0 amide bonds. The molecular weight excluding hydrogens is 164 g/mol. The van der Waals surface area contributed by atoms with Crippen LogP contribution in [0.2, 0.25) is 0 Å². The maximum Gasteiger partial charge on any atom is 0.314 e. The van der Waals surface area contributed by atoms with E-state index in [1.165, 1.54) is 12.8 Å². The first-order chi connectivity index (χ1) is 6.33. The summed E-state index contributed by atoms with van der Waals surface area (Å²) in [4.78, 5) is 11.0. The summed E-state index contributed by atoms with van der Waals surface area (Å²) in [6.07, 6.45) is 10.4. The second-order valence-corrected chi connectivity index (χ2v) is 3.20. The zero-order valence-corrected chi connectivity index (χ0v) is 8.08. The van der Waals surface area contributed by atoms with E-state index in [1.54, 1.807) is 0 Å². The molecule has 0 bridgehead atoms. The van der Waals surface area contributed by atoms with Gasteiger partial charge < -0.3 is 4.74 Å². The molecule has 0 aromatic rings. The first-order valence-corrected chi connectivity index (χ1v) is 4.89. The average Bonchev–Trinajstić information content (AvgIpc) is 2.31. The van der Waals surface area contributed by atoms with Gasteiger partial charge in [0.05, 0.1) is 6.42 Å². The molecule has 1 aliphatic rings. The Morgan fingerprint density at radius 2 is 2.31 bits per heavy atom. The van der Waals surface area contributed by atoms with E-state index in [-0.39, 0.29) is 5.97 Å². The maximum atomic E-state index is 11.0. The number of rotatable bonds is 4. The highest BCUT2D eigenvalue weighted by Crippen LogP contribution is 2.13. The van der Waals surface area contributed by atoms with E-state index in [1.807, 2.05) is 18.2 Å². The molecule has 13 heavy (non-hydrogen) atoms. The van der Waals surface area contributed by atoms with Crippen molar-refractivity contribution in [1.82, 2.24) is 0 Å². The molecule has 0 radical (unpaired) electrons. The van der Waals surface area contributed by atoms with Crippen molar-refractivity contribution in [3.05, 3.63) is 24.0 Å². The van der Waals surface area contributed by atoms with Crippen LogP contribution in [0.1, 0.15) is 39.0 Å². The van der Waals surface area contributed by atoms with Gasteiger partial charge in [-0.15, -0.1) is 0 Å². The highest BCUT2D eigenvalue weighted by molar-refractivity contribution is 5.73. The van der Waals surface area contributed by atoms with Gasteiger partial charge in [0, 0.05) is 6.42 Å². The van der Waals surface area contributed by atoms with E-state index in [2.05, 4.69) is 6.92 Å². The zero-order valence-electron chi connectivity index (χ0n) is 8.08. The number of allylic oxidation sites excluding steroid dienone is 3. The molecule has 0 unspecified atom stereocenters. The Hall–Kier alpha value is -1.05. The highest BCUT2D eigenvalue weighted by atomic mass is 16.5. The van der Waals surface area contributed by atoms with Crippen molar-refractivity contribution in [1.29, 1.82) is 0 Å². The molecule has 72 valence electrons. The van der Waals surface area contributed by atoms with Gasteiger partial charge in [-0.25, -0.2) is 0 Å². The van der Waals surface area contributed by atoms with Crippen molar-refractivity contribution in [2.45, 2.75) is 39.0 Å². The van der Waals surface area contributed by atoms with E-state index >= 15 is 0 Å². The topological polar surface area (TPSA) is 26.3 Å². The van der Waals surface area contributed by atoms with Crippen LogP contribution >= 0.6 is 0 Å². The summed E-state index contributed by atoms with van der Waals surface area (Å²) in [5.74, 6) is 0.670. The molecule has 1 rings (SSSR count). The second-order valence-electron chi connectivity index (χ2n) is 3.20. The number of cyclic esters (lactones) is 1. The number of hydrogen-bond donors (Lipinski definition) is 0. The fourth-order valence-electron chi connectivity index (χ4n) is 1.25. The van der Waals surface area contributed by atoms with Gasteiger partial charge in [0.1, 0.15) is 5.76 Å². The lowest BCUT2D eigenvalue weighted by molar-refractivity contribution is -0.138. The van der Waals surface area contributed by atoms with Crippen molar-refractivity contribution in [3.8, 4) is 0 Å². The van der Waals surface area contributed by atoms with Gasteiger partial charge >= 0.3 is 5.97 Å². The van der Waals surface area contributed by atoms with Crippen molar-refractivity contribution < 1.29 is 9.53 Å². The smallest absolute Gasteiger partial charge is 0.314 e. The fourth-order valence-corrected chi connectivity index (χ4v) is 1.25. The quantitative estimate of drug-likeness (QED) is 0.491. The van der Waals surface area contributed by atoms with E-state index in [0.29, 0.717) is 6.42 Å². The van der Waals surface area contributed by atoms with Crippen LogP contribution in [0, 0.1) is 0 Å². The Balaban J connectivity index is 2.35. The number of carbonyl (C=O) groups is 1. The predicted octanol–water partition coefficient (Wildman–Crippen LogP) is 2.95. The molecule has 0 spiro atoms. The molecule has 0 fully saturated rings. The third kappa shape index (κ3) is 3.92. The van der Waals surface area contributed by atoms with Gasteiger partial charge in [-0.3, -0.25) is 4.79 Å². The standard InChI is InChI=1S/C11H16O2/c1-2-3-4-7-10-8-5-6-9-11(12)13-10/h5-6,8H,2-4,7,9H2,1H3. The minimum atomic E-state index is -0.142. The Morgan fingerprint density at radius 3 is 3.08 bits per heavy atom. The second kappa shape index (κ2) is 5.57. The van der Waals surface area contributed by atoms with E-state index < -0.39 is 0 Å². The van der Waals surface area contributed by atoms with Crippen LogP contribution in [-0.2, 0) is 9.53 Å². The minimum absolute atomic E-state index is 0.142. The zero-order chi connectivity index (χ0) is 9.52. The molecule has 1 heterocycles. The first-order valence-electron chi connectivity index (χ1n) is 4.89. The number of carbonyl (C=O) groups excluding carboxylic acids is 1. The minimum Gasteiger partial charge on any atom is -0.431 e. The Bertz CT molecular complexity index is 226. The van der Waals surface area contributed by atoms with Crippen molar-refractivity contribution in [2.24, 2.45) is 0 Å². The van der Waals surface area contributed by atoms with E-state index in [0.717, 1.165) is 18.6 Å². The molecule has 0 saturated carbocycles. The summed E-state index contributed by atoms with van der Waals surface area (Å²) in [6.45, 7) is 2.16. The molecule has 0 saturated heterocycles. The molecule has 2 heteroatoms. The van der Waals surface area contributed by atoms with Crippen LogP contribution in [0.3, 0.4) is 0 Å². The lowest BCUT2D eigenvalue weighted by atomic mass is 10.2. The molecule has 2 nitrogen and oxygen atoms in total. The summed E-state index contributed by atoms with van der Waals surface area (Å²) in [7, 11) is 0. The third-order valence-electron chi connectivity index (χ3n) is 1.97. The van der Waals surface area contributed by atoms with Crippen molar-refractivity contribution >= 4 is 5.97 Å². The highest BCUT2D eigenvalue weighted by Gasteiger charge is 2.06. The van der Waals surface area contributed by atoms with Gasteiger partial charge in [-0.2, -0.15) is 0 Å². The van der Waals surface area contributed by atoms with Gasteiger partial charge in [-0.05, 0) is 12.5 Å².